The molecule has 3 nitrogen and oxygen atoms in total. The van der Waals surface area contributed by atoms with Gasteiger partial charge in [-0.25, -0.2) is 0 Å². The summed E-state index contributed by atoms with van der Waals surface area (Å²) in [5, 5.41) is 10.9. The normalized spacial score (nSPS) is 21.1. The van der Waals surface area contributed by atoms with E-state index in [1.165, 1.54) is 12.0 Å². The zero-order valence-corrected chi connectivity index (χ0v) is 14.3. The number of nitrogens with zero attached hydrogens (tertiary/aromatic N) is 1. The molecule has 1 fully saturated rings. The van der Waals surface area contributed by atoms with Crippen LogP contribution in [-0.4, -0.2) is 41.8 Å². The van der Waals surface area contributed by atoms with Crippen molar-refractivity contribution >= 4 is 15.9 Å². The summed E-state index contributed by atoms with van der Waals surface area (Å²) in [6.07, 6.45) is 4.58. The lowest BCUT2D eigenvalue weighted by molar-refractivity contribution is -0.0208. The van der Waals surface area contributed by atoms with Crippen molar-refractivity contribution in [3.05, 3.63) is 27.7 Å². The molecule has 0 spiro atoms. The molecule has 0 atom stereocenters. The van der Waals surface area contributed by atoms with Crippen LogP contribution >= 0.6 is 15.9 Å². The van der Waals surface area contributed by atoms with E-state index < -0.39 is 5.60 Å². The van der Waals surface area contributed by atoms with E-state index in [9.17, 15) is 5.11 Å². The molecule has 0 aliphatic carbocycles. The first-order valence-corrected chi connectivity index (χ1v) is 8.78. The molecule has 0 bridgehead atoms. The smallest absolute Gasteiger partial charge is 0.125 e. The van der Waals surface area contributed by atoms with Crippen LogP contribution in [0.1, 0.15) is 37.3 Å². The molecule has 0 unspecified atom stereocenters. The summed E-state index contributed by atoms with van der Waals surface area (Å²) in [5.74, 6) is 1.02. The SMILES string of the molecule is CCCN1CCC(O)(Cc2cc(Br)cc3c2OCC3)CC1. The summed E-state index contributed by atoms with van der Waals surface area (Å²) in [6, 6.07) is 4.25. The van der Waals surface area contributed by atoms with Gasteiger partial charge in [-0.3, -0.25) is 0 Å². The van der Waals surface area contributed by atoms with Crippen molar-refractivity contribution < 1.29 is 9.84 Å². The van der Waals surface area contributed by atoms with E-state index in [2.05, 4.69) is 39.9 Å². The maximum Gasteiger partial charge on any atom is 0.125 e. The van der Waals surface area contributed by atoms with Gasteiger partial charge in [-0.15, -0.1) is 0 Å². The van der Waals surface area contributed by atoms with Crippen molar-refractivity contribution in [1.29, 1.82) is 0 Å². The lowest BCUT2D eigenvalue weighted by atomic mass is 9.84. The van der Waals surface area contributed by atoms with Crippen molar-refractivity contribution in [1.82, 2.24) is 4.90 Å². The fraction of sp³-hybridized carbons (Fsp3) is 0.647. The molecule has 1 aromatic rings. The average Bonchev–Trinajstić information content (AvgIpc) is 2.90. The van der Waals surface area contributed by atoms with Gasteiger partial charge in [0.15, 0.2) is 0 Å². The Morgan fingerprint density at radius 1 is 1.33 bits per heavy atom. The Morgan fingerprint density at radius 3 is 2.81 bits per heavy atom. The number of rotatable bonds is 4. The van der Waals surface area contributed by atoms with Crippen LogP contribution in [0, 0.1) is 0 Å². The first-order valence-electron chi connectivity index (χ1n) is 7.98. The Bertz CT molecular complexity index is 510. The molecule has 0 amide bonds. The summed E-state index contributed by atoms with van der Waals surface area (Å²) < 4.78 is 6.88. The standard InChI is InChI=1S/C17H24BrNO2/c1-2-6-19-7-4-17(20,5-8-19)12-14-11-15(18)10-13-3-9-21-16(13)14/h10-11,20H,2-9,12H2,1H3. The lowest BCUT2D eigenvalue weighted by Crippen LogP contribution is -2.45. The zero-order valence-electron chi connectivity index (χ0n) is 12.7. The zero-order chi connectivity index (χ0) is 14.9. The molecule has 0 aromatic heterocycles. The lowest BCUT2D eigenvalue weighted by Gasteiger charge is -2.38. The van der Waals surface area contributed by atoms with Crippen molar-refractivity contribution in [3.8, 4) is 5.75 Å². The van der Waals surface area contributed by atoms with E-state index in [0.717, 1.165) is 61.3 Å². The number of piperidine rings is 1. The highest BCUT2D eigenvalue weighted by molar-refractivity contribution is 9.10. The van der Waals surface area contributed by atoms with E-state index in [1.807, 2.05) is 0 Å². The van der Waals surface area contributed by atoms with E-state index >= 15 is 0 Å². The number of fused-ring (bicyclic) bond motifs is 1. The number of hydrogen-bond acceptors (Lipinski definition) is 3. The summed E-state index contributed by atoms with van der Waals surface area (Å²) in [6.45, 7) is 6.12. The first kappa shape index (κ1) is 15.3. The van der Waals surface area contributed by atoms with Gasteiger partial charge in [0.05, 0.1) is 12.2 Å². The number of ether oxygens (including phenoxy) is 1. The summed E-state index contributed by atoms with van der Waals surface area (Å²) in [5.41, 5.74) is 1.85. The molecule has 2 aliphatic heterocycles. The Labute approximate surface area is 135 Å². The first-order chi connectivity index (χ1) is 10.1. The summed E-state index contributed by atoms with van der Waals surface area (Å²) in [4.78, 5) is 2.45. The van der Waals surface area contributed by atoms with Crippen LogP contribution in [0.2, 0.25) is 0 Å². The largest absolute Gasteiger partial charge is 0.493 e. The Kier molecular flexibility index (Phi) is 4.57. The van der Waals surface area contributed by atoms with Gasteiger partial charge in [0.1, 0.15) is 5.75 Å². The van der Waals surface area contributed by atoms with E-state index in [0.29, 0.717) is 6.42 Å². The van der Waals surface area contributed by atoms with Crippen LogP contribution in [0.15, 0.2) is 16.6 Å². The molecule has 4 heteroatoms. The number of halogens is 1. The molecular weight excluding hydrogens is 330 g/mol. The molecule has 116 valence electrons. The third-order valence-electron chi connectivity index (χ3n) is 4.67. The highest BCUT2D eigenvalue weighted by Crippen LogP contribution is 2.37. The maximum absolute atomic E-state index is 10.9. The number of benzene rings is 1. The highest BCUT2D eigenvalue weighted by atomic mass is 79.9. The fourth-order valence-electron chi connectivity index (χ4n) is 3.52. The molecule has 0 saturated carbocycles. The van der Waals surface area contributed by atoms with E-state index in [1.54, 1.807) is 0 Å². The molecule has 3 rings (SSSR count). The Morgan fingerprint density at radius 2 is 2.10 bits per heavy atom. The molecule has 0 radical (unpaired) electrons. The maximum atomic E-state index is 10.9. The molecule has 21 heavy (non-hydrogen) atoms. The number of likely N-dealkylation sites (tertiary alicyclic amines) is 1. The van der Waals surface area contributed by atoms with Gasteiger partial charge >= 0.3 is 0 Å². The van der Waals surface area contributed by atoms with Crippen molar-refractivity contribution in [3.63, 3.8) is 0 Å². The minimum absolute atomic E-state index is 0.579. The number of aliphatic hydroxyl groups is 1. The van der Waals surface area contributed by atoms with Crippen LogP contribution in [0.25, 0.3) is 0 Å². The van der Waals surface area contributed by atoms with Gasteiger partial charge in [-0.05, 0) is 49.1 Å². The van der Waals surface area contributed by atoms with Gasteiger partial charge in [-0.1, -0.05) is 22.9 Å². The molecule has 2 aliphatic rings. The third-order valence-corrected chi connectivity index (χ3v) is 5.13. The molecule has 1 aromatic carbocycles. The topological polar surface area (TPSA) is 32.7 Å². The number of hydrogen-bond donors (Lipinski definition) is 1. The van der Waals surface area contributed by atoms with Gasteiger partial charge in [0.2, 0.25) is 0 Å². The van der Waals surface area contributed by atoms with Crippen molar-refractivity contribution in [2.24, 2.45) is 0 Å². The van der Waals surface area contributed by atoms with Crippen LogP contribution < -0.4 is 4.74 Å². The molecule has 1 N–H and O–H groups in total. The highest BCUT2D eigenvalue weighted by Gasteiger charge is 2.34. The van der Waals surface area contributed by atoms with Gasteiger partial charge in [0.25, 0.3) is 0 Å². The van der Waals surface area contributed by atoms with E-state index in [-0.39, 0.29) is 0 Å². The Balaban J connectivity index is 1.72. The van der Waals surface area contributed by atoms with Crippen LogP contribution in [0.3, 0.4) is 0 Å². The minimum Gasteiger partial charge on any atom is -0.493 e. The fourth-order valence-corrected chi connectivity index (χ4v) is 4.07. The van der Waals surface area contributed by atoms with Crippen LogP contribution in [0.4, 0.5) is 0 Å². The summed E-state index contributed by atoms with van der Waals surface area (Å²) in [7, 11) is 0. The van der Waals surface area contributed by atoms with Gasteiger partial charge in [-0.2, -0.15) is 0 Å². The Hall–Kier alpha value is -0.580. The third kappa shape index (κ3) is 3.43. The van der Waals surface area contributed by atoms with Crippen molar-refractivity contribution in [2.45, 2.75) is 44.6 Å². The van der Waals surface area contributed by atoms with Gasteiger partial charge in [0, 0.05) is 30.4 Å². The second-order valence-corrected chi connectivity index (χ2v) is 7.31. The predicted octanol–water partition coefficient (Wildman–Crippen LogP) is 3.16. The molecular formula is C17H24BrNO2. The monoisotopic (exact) mass is 353 g/mol. The summed E-state index contributed by atoms with van der Waals surface area (Å²) >= 11 is 3.58. The predicted molar refractivity (Wildman–Crippen MR) is 88.0 cm³/mol. The van der Waals surface area contributed by atoms with Crippen LogP contribution in [-0.2, 0) is 12.8 Å². The van der Waals surface area contributed by atoms with Crippen molar-refractivity contribution in [2.75, 3.05) is 26.2 Å². The second kappa shape index (κ2) is 6.27. The minimum atomic E-state index is -0.579. The second-order valence-electron chi connectivity index (χ2n) is 6.39. The van der Waals surface area contributed by atoms with E-state index in [4.69, 9.17) is 4.74 Å². The van der Waals surface area contributed by atoms with Crippen LogP contribution in [0.5, 0.6) is 5.75 Å². The van der Waals surface area contributed by atoms with Gasteiger partial charge < -0.3 is 14.7 Å². The average molecular weight is 354 g/mol. The molecule has 1 saturated heterocycles. The quantitative estimate of drug-likeness (QED) is 0.902. The molecule has 2 heterocycles.